The molecule has 1 aromatic carbocycles. The zero-order valence-electron chi connectivity index (χ0n) is 16.7. The molecule has 0 aromatic heterocycles. The summed E-state index contributed by atoms with van der Waals surface area (Å²) in [5.74, 6) is 0.913. The molecular formula is C20H30N4O4. The molecule has 154 valence electrons. The van der Waals surface area contributed by atoms with Crippen molar-refractivity contribution in [3.63, 3.8) is 0 Å². The zero-order chi connectivity index (χ0) is 20.1. The van der Waals surface area contributed by atoms with Crippen molar-refractivity contribution in [2.24, 2.45) is 5.73 Å². The number of hydrogen-bond donors (Lipinski definition) is 2. The number of rotatable bonds is 5. The Labute approximate surface area is 165 Å². The van der Waals surface area contributed by atoms with Gasteiger partial charge in [0.05, 0.1) is 19.9 Å². The number of piperidine rings is 2. The van der Waals surface area contributed by atoms with Crippen molar-refractivity contribution in [3.05, 3.63) is 18.2 Å². The minimum atomic E-state index is -0.630. The number of anilines is 1. The van der Waals surface area contributed by atoms with Gasteiger partial charge in [-0.25, -0.2) is 4.79 Å². The predicted molar refractivity (Wildman–Crippen MR) is 107 cm³/mol. The summed E-state index contributed by atoms with van der Waals surface area (Å²) in [7, 11) is 3.12. The van der Waals surface area contributed by atoms with Crippen LogP contribution in [0.4, 0.5) is 10.5 Å². The van der Waals surface area contributed by atoms with E-state index >= 15 is 0 Å². The van der Waals surface area contributed by atoms with E-state index in [1.807, 2.05) is 0 Å². The fraction of sp³-hybridized carbons (Fsp3) is 0.600. The second-order valence-electron chi connectivity index (χ2n) is 7.43. The van der Waals surface area contributed by atoms with Crippen LogP contribution < -0.4 is 20.5 Å². The van der Waals surface area contributed by atoms with Crippen LogP contribution in [-0.2, 0) is 4.79 Å². The van der Waals surface area contributed by atoms with Crippen LogP contribution in [0.15, 0.2) is 18.2 Å². The molecule has 2 aliphatic rings. The smallest absolute Gasteiger partial charge is 0.321 e. The third kappa shape index (κ3) is 4.01. The van der Waals surface area contributed by atoms with Crippen molar-refractivity contribution < 1.29 is 19.1 Å². The van der Waals surface area contributed by atoms with Gasteiger partial charge in [0.15, 0.2) is 0 Å². The van der Waals surface area contributed by atoms with Crippen LogP contribution in [0.25, 0.3) is 0 Å². The lowest BCUT2D eigenvalue weighted by Crippen LogP contribution is -2.64. The lowest BCUT2D eigenvalue weighted by atomic mass is 9.83. The van der Waals surface area contributed by atoms with Crippen molar-refractivity contribution in [2.75, 3.05) is 45.7 Å². The van der Waals surface area contributed by atoms with Gasteiger partial charge in [-0.1, -0.05) is 6.42 Å². The summed E-state index contributed by atoms with van der Waals surface area (Å²) < 4.78 is 10.5. The fourth-order valence-electron chi connectivity index (χ4n) is 4.22. The third-order valence-electron chi connectivity index (χ3n) is 5.95. The lowest BCUT2D eigenvalue weighted by Gasteiger charge is -2.48. The van der Waals surface area contributed by atoms with Crippen molar-refractivity contribution in [3.8, 4) is 11.5 Å². The van der Waals surface area contributed by atoms with E-state index < -0.39 is 5.54 Å². The summed E-state index contributed by atoms with van der Waals surface area (Å²) >= 11 is 0. The monoisotopic (exact) mass is 390 g/mol. The van der Waals surface area contributed by atoms with Crippen LogP contribution in [0.5, 0.6) is 11.5 Å². The fourth-order valence-corrected chi connectivity index (χ4v) is 4.22. The van der Waals surface area contributed by atoms with Gasteiger partial charge < -0.3 is 25.4 Å². The second kappa shape index (κ2) is 8.68. The SMILES string of the molecule is COc1ccc(NC(=O)N2CCC(C(N)=O)(N3CCCCC3)CC2)c(OC)c1. The van der Waals surface area contributed by atoms with Crippen LogP contribution in [0.3, 0.4) is 0 Å². The van der Waals surface area contributed by atoms with Gasteiger partial charge in [-0.3, -0.25) is 9.69 Å². The number of ether oxygens (including phenoxy) is 2. The molecule has 0 radical (unpaired) electrons. The molecule has 8 heteroatoms. The van der Waals surface area contributed by atoms with Gasteiger partial charge in [0.25, 0.3) is 0 Å². The molecule has 3 amide bonds. The summed E-state index contributed by atoms with van der Waals surface area (Å²) in [6.07, 6.45) is 4.52. The van der Waals surface area contributed by atoms with Gasteiger partial charge in [0.2, 0.25) is 5.91 Å². The molecule has 2 saturated heterocycles. The molecule has 0 atom stereocenters. The molecule has 28 heavy (non-hydrogen) atoms. The highest BCUT2D eigenvalue weighted by Crippen LogP contribution is 2.33. The van der Waals surface area contributed by atoms with E-state index in [-0.39, 0.29) is 11.9 Å². The molecule has 0 saturated carbocycles. The van der Waals surface area contributed by atoms with Crippen LogP contribution in [0.1, 0.15) is 32.1 Å². The third-order valence-corrected chi connectivity index (χ3v) is 5.95. The van der Waals surface area contributed by atoms with Gasteiger partial charge in [0.1, 0.15) is 17.0 Å². The van der Waals surface area contributed by atoms with Crippen LogP contribution >= 0.6 is 0 Å². The number of amides is 3. The van der Waals surface area contributed by atoms with Crippen molar-refractivity contribution >= 4 is 17.6 Å². The first kappa shape index (κ1) is 20.3. The maximum absolute atomic E-state index is 12.7. The summed E-state index contributed by atoms with van der Waals surface area (Å²) in [4.78, 5) is 29.0. The van der Waals surface area contributed by atoms with Gasteiger partial charge in [0, 0.05) is 19.2 Å². The number of nitrogens with one attached hydrogen (secondary N) is 1. The molecular weight excluding hydrogens is 360 g/mol. The number of primary amides is 1. The lowest BCUT2D eigenvalue weighted by molar-refractivity contribution is -0.134. The summed E-state index contributed by atoms with van der Waals surface area (Å²) in [6.45, 7) is 2.78. The van der Waals surface area contributed by atoms with Crippen LogP contribution in [0.2, 0.25) is 0 Å². The number of likely N-dealkylation sites (tertiary alicyclic amines) is 2. The molecule has 0 bridgehead atoms. The van der Waals surface area contributed by atoms with Crippen LogP contribution in [-0.4, -0.2) is 67.7 Å². The Balaban J connectivity index is 1.65. The topological polar surface area (TPSA) is 97.1 Å². The molecule has 3 rings (SSSR count). The molecule has 0 aliphatic carbocycles. The van der Waals surface area contributed by atoms with E-state index in [9.17, 15) is 9.59 Å². The highest BCUT2D eigenvalue weighted by atomic mass is 16.5. The normalized spacial score (nSPS) is 19.7. The number of benzene rings is 1. The number of urea groups is 1. The predicted octanol–water partition coefficient (Wildman–Crippen LogP) is 2.04. The largest absolute Gasteiger partial charge is 0.497 e. The van der Waals surface area contributed by atoms with Gasteiger partial charge in [-0.05, 0) is 50.9 Å². The van der Waals surface area contributed by atoms with Crippen molar-refractivity contribution in [2.45, 2.75) is 37.6 Å². The van der Waals surface area contributed by atoms with Crippen LogP contribution in [0, 0.1) is 0 Å². The average molecular weight is 390 g/mol. The van der Waals surface area contributed by atoms with E-state index in [0.717, 1.165) is 25.9 Å². The van der Waals surface area contributed by atoms with Crippen molar-refractivity contribution in [1.82, 2.24) is 9.80 Å². The zero-order valence-corrected chi connectivity index (χ0v) is 16.7. The van der Waals surface area contributed by atoms with E-state index in [2.05, 4.69) is 10.2 Å². The number of carbonyl (C=O) groups excluding carboxylic acids is 2. The summed E-state index contributed by atoms with van der Waals surface area (Å²) in [5, 5.41) is 2.90. The van der Waals surface area contributed by atoms with E-state index in [4.69, 9.17) is 15.2 Å². The molecule has 2 heterocycles. The number of nitrogens with two attached hydrogens (primary N) is 1. The van der Waals surface area contributed by atoms with Crippen molar-refractivity contribution in [1.29, 1.82) is 0 Å². The Bertz CT molecular complexity index is 710. The standard InChI is InChI=1S/C20H30N4O4/c1-27-15-6-7-16(17(14-15)28-2)22-19(26)23-12-8-20(9-13-23,18(21)25)24-10-4-3-5-11-24/h6-7,14H,3-5,8-13H2,1-2H3,(H2,21,25)(H,22,26). The first-order valence-electron chi connectivity index (χ1n) is 9.83. The molecule has 8 nitrogen and oxygen atoms in total. The quantitative estimate of drug-likeness (QED) is 0.802. The number of methoxy groups -OCH3 is 2. The van der Waals surface area contributed by atoms with E-state index in [0.29, 0.717) is 43.1 Å². The minimum Gasteiger partial charge on any atom is -0.497 e. The number of nitrogens with zero attached hydrogens (tertiary/aromatic N) is 2. The van der Waals surface area contributed by atoms with Gasteiger partial charge >= 0.3 is 6.03 Å². The number of hydrogen-bond acceptors (Lipinski definition) is 5. The number of carbonyl (C=O) groups is 2. The second-order valence-corrected chi connectivity index (χ2v) is 7.43. The highest BCUT2D eigenvalue weighted by molar-refractivity contribution is 5.92. The molecule has 2 fully saturated rings. The first-order chi connectivity index (χ1) is 13.5. The molecule has 0 unspecified atom stereocenters. The minimum absolute atomic E-state index is 0.208. The Morgan fingerprint density at radius 2 is 1.71 bits per heavy atom. The van der Waals surface area contributed by atoms with E-state index in [1.165, 1.54) is 6.42 Å². The summed E-state index contributed by atoms with van der Waals surface area (Å²) in [6, 6.07) is 5.03. The molecule has 3 N–H and O–H groups in total. The van der Waals surface area contributed by atoms with E-state index in [1.54, 1.807) is 37.3 Å². The van der Waals surface area contributed by atoms with Gasteiger partial charge in [-0.2, -0.15) is 0 Å². The Hall–Kier alpha value is -2.48. The van der Waals surface area contributed by atoms with Gasteiger partial charge in [-0.15, -0.1) is 0 Å². The Morgan fingerprint density at radius 3 is 2.29 bits per heavy atom. The highest BCUT2D eigenvalue weighted by Gasteiger charge is 2.45. The molecule has 0 spiro atoms. The average Bonchev–Trinajstić information content (AvgIpc) is 2.74. The first-order valence-corrected chi connectivity index (χ1v) is 9.83. The Morgan fingerprint density at radius 1 is 1.04 bits per heavy atom. The Kier molecular flexibility index (Phi) is 6.28. The molecule has 2 aliphatic heterocycles. The maximum Gasteiger partial charge on any atom is 0.321 e. The summed E-state index contributed by atoms with van der Waals surface area (Å²) in [5.41, 5.74) is 5.77. The molecule has 1 aromatic rings. The maximum atomic E-state index is 12.7.